The number of benzene rings is 2. The molecule has 0 aromatic heterocycles. The molecule has 0 radical (unpaired) electrons. The molecule has 0 spiro atoms. The molecule has 0 unspecified atom stereocenters. The largest absolute Gasteiger partial charge is 0.371 e. The van der Waals surface area contributed by atoms with E-state index in [1.54, 1.807) is 12.1 Å². The summed E-state index contributed by atoms with van der Waals surface area (Å²) in [5, 5.41) is 7.06. The monoisotopic (exact) mass is 380 g/mol. The molecule has 1 aliphatic heterocycles. The summed E-state index contributed by atoms with van der Waals surface area (Å²) >= 11 is 0. The van der Waals surface area contributed by atoms with Crippen LogP contribution in [0.2, 0.25) is 0 Å². The van der Waals surface area contributed by atoms with E-state index in [2.05, 4.69) is 50.9 Å². The number of piperidine rings is 1. The number of aliphatic imine (C=N–C) groups is 1. The summed E-state index contributed by atoms with van der Waals surface area (Å²) in [5.41, 5.74) is 2.44. The third-order valence-electron chi connectivity index (χ3n) is 6.07. The Morgan fingerprint density at radius 3 is 2.50 bits per heavy atom. The number of nitrogens with one attached hydrogen (secondary N) is 2. The van der Waals surface area contributed by atoms with Crippen LogP contribution in [0.5, 0.6) is 0 Å². The molecular weight excluding hydrogens is 351 g/mol. The van der Waals surface area contributed by atoms with Crippen LogP contribution in [0, 0.1) is 5.82 Å². The minimum absolute atomic E-state index is 0.0520. The smallest absolute Gasteiger partial charge is 0.191 e. The van der Waals surface area contributed by atoms with Gasteiger partial charge in [-0.3, -0.25) is 4.99 Å². The first-order chi connectivity index (χ1) is 13.7. The number of anilines is 1. The first-order valence-electron chi connectivity index (χ1n) is 10.2. The highest BCUT2D eigenvalue weighted by atomic mass is 19.1. The highest BCUT2D eigenvalue weighted by molar-refractivity contribution is 5.80. The molecule has 2 fully saturated rings. The lowest BCUT2D eigenvalue weighted by molar-refractivity contribution is 0.460. The van der Waals surface area contributed by atoms with Gasteiger partial charge in [0.15, 0.2) is 5.96 Å². The van der Waals surface area contributed by atoms with Crippen LogP contribution < -0.4 is 15.5 Å². The fourth-order valence-electron chi connectivity index (χ4n) is 4.10. The number of hydrogen-bond acceptors (Lipinski definition) is 2. The Balaban J connectivity index is 1.28. The number of para-hydroxylation sites is 1. The maximum Gasteiger partial charge on any atom is 0.191 e. The average molecular weight is 381 g/mol. The van der Waals surface area contributed by atoms with Crippen molar-refractivity contribution in [1.29, 1.82) is 0 Å². The first-order valence-corrected chi connectivity index (χ1v) is 10.2. The Hall–Kier alpha value is -2.56. The van der Waals surface area contributed by atoms with Crippen molar-refractivity contribution < 1.29 is 4.39 Å². The van der Waals surface area contributed by atoms with Gasteiger partial charge in [0.25, 0.3) is 0 Å². The van der Waals surface area contributed by atoms with E-state index in [4.69, 9.17) is 0 Å². The Bertz CT molecular complexity index is 808. The maximum atomic E-state index is 13.6. The van der Waals surface area contributed by atoms with Crippen LogP contribution in [0.3, 0.4) is 0 Å². The van der Waals surface area contributed by atoms with Crippen LogP contribution in [0.1, 0.15) is 31.2 Å². The van der Waals surface area contributed by atoms with Crippen molar-refractivity contribution in [2.75, 3.05) is 31.6 Å². The van der Waals surface area contributed by atoms with Crippen LogP contribution in [-0.4, -0.2) is 38.7 Å². The van der Waals surface area contributed by atoms with Gasteiger partial charge in [-0.2, -0.15) is 0 Å². The summed E-state index contributed by atoms with van der Waals surface area (Å²) in [6, 6.07) is 18.0. The van der Waals surface area contributed by atoms with E-state index < -0.39 is 0 Å². The van der Waals surface area contributed by atoms with Gasteiger partial charge in [0.05, 0.1) is 0 Å². The standard InChI is InChI=1S/C23H29FN4/c1-25-22(26-17-23(12-13-23)18-6-5-7-19(24)16-18)27-20-10-14-28(15-11-20)21-8-3-2-4-9-21/h2-9,16,20H,10-15,17H2,1H3,(H2,25,26,27). The molecule has 148 valence electrons. The Labute approximate surface area is 166 Å². The lowest BCUT2D eigenvalue weighted by atomic mass is 9.96. The second kappa shape index (κ2) is 8.21. The quantitative estimate of drug-likeness (QED) is 0.614. The van der Waals surface area contributed by atoms with E-state index in [1.165, 1.54) is 11.8 Å². The molecule has 2 aromatic rings. The van der Waals surface area contributed by atoms with Gasteiger partial charge in [-0.25, -0.2) is 4.39 Å². The zero-order valence-electron chi connectivity index (χ0n) is 16.5. The van der Waals surface area contributed by atoms with E-state index in [-0.39, 0.29) is 11.2 Å². The van der Waals surface area contributed by atoms with Gasteiger partial charge in [-0.15, -0.1) is 0 Å². The molecule has 0 bridgehead atoms. The van der Waals surface area contributed by atoms with Crippen LogP contribution in [-0.2, 0) is 5.41 Å². The third-order valence-corrected chi connectivity index (χ3v) is 6.07. The second-order valence-corrected chi connectivity index (χ2v) is 7.96. The van der Waals surface area contributed by atoms with E-state index in [0.29, 0.717) is 6.04 Å². The summed E-state index contributed by atoms with van der Waals surface area (Å²) < 4.78 is 13.6. The van der Waals surface area contributed by atoms with Crippen LogP contribution >= 0.6 is 0 Å². The van der Waals surface area contributed by atoms with Crippen molar-refractivity contribution in [3.8, 4) is 0 Å². The molecular formula is C23H29FN4. The number of nitrogens with zero attached hydrogens (tertiary/aromatic N) is 2. The molecule has 2 aromatic carbocycles. The molecule has 2 aliphatic rings. The minimum atomic E-state index is -0.156. The van der Waals surface area contributed by atoms with Gasteiger partial charge in [0.2, 0.25) is 0 Å². The van der Waals surface area contributed by atoms with Crippen molar-refractivity contribution in [3.63, 3.8) is 0 Å². The normalized spacial score (nSPS) is 19.4. The van der Waals surface area contributed by atoms with E-state index in [1.807, 2.05) is 13.1 Å². The zero-order valence-corrected chi connectivity index (χ0v) is 16.5. The Morgan fingerprint density at radius 1 is 1.11 bits per heavy atom. The van der Waals surface area contributed by atoms with Gasteiger partial charge >= 0.3 is 0 Å². The summed E-state index contributed by atoms with van der Waals surface area (Å²) in [5.74, 6) is 0.692. The minimum Gasteiger partial charge on any atom is -0.371 e. The Kier molecular flexibility index (Phi) is 5.51. The molecule has 28 heavy (non-hydrogen) atoms. The van der Waals surface area contributed by atoms with E-state index in [0.717, 1.165) is 56.8 Å². The second-order valence-electron chi connectivity index (χ2n) is 7.96. The topological polar surface area (TPSA) is 39.7 Å². The molecule has 5 heteroatoms. The zero-order chi connectivity index (χ0) is 19.4. The predicted octanol–water partition coefficient (Wildman–Crippen LogP) is 3.69. The molecule has 1 aliphatic carbocycles. The van der Waals surface area contributed by atoms with Crippen molar-refractivity contribution in [2.24, 2.45) is 4.99 Å². The maximum absolute atomic E-state index is 13.6. The molecule has 2 N–H and O–H groups in total. The molecule has 0 amide bonds. The number of halogens is 1. The van der Waals surface area contributed by atoms with Gasteiger partial charge in [0, 0.05) is 43.8 Å². The summed E-state index contributed by atoms with van der Waals surface area (Å²) in [6.07, 6.45) is 4.36. The predicted molar refractivity (Wildman–Crippen MR) is 113 cm³/mol. The lowest BCUT2D eigenvalue weighted by Crippen LogP contribution is -2.50. The summed E-state index contributed by atoms with van der Waals surface area (Å²) in [4.78, 5) is 6.85. The fourth-order valence-corrected chi connectivity index (χ4v) is 4.10. The highest BCUT2D eigenvalue weighted by Gasteiger charge is 2.44. The van der Waals surface area contributed by atoms with Gasteiger partial charge in [-0.1, -0.05) is 30.3 Å². The van der Waals surface area contributed by atoms with Crippen LogP contribution in [0.15, 0.2) is 59.6 Å². The van der Waals surface area contributed by atoms with Crippen molar-refractivity contribution in [3.05, 3.63) is 66.0 Å². The molecule has 4 rings (SSSR count). The van der Waals surface area contributed by atoms with Crippen molar-refractivity contribution in [2.45, 2.75) is 37.1 Å². The molecule has 1 saturated heterocycles. The summed E-state index contributed by atoms with van der Waals surface area (Å²) in [6.45, 7) is 2.89. The summed E-state index contributed by atoms with van der Waals surface area (Å²) in [7, 11) is 1.82. The van der Waals surface area contributed by atoms with Crippen LogP contribution in [0.25, 0.3) is 0 Å². The number of guanidine groups is 1. The highest BCUT2D eigenvalue weighted by Crippen LogP contribution is 2.47. The van der Waals surface area contributed by atoms with Crippen LogP contribution in [0.4, 0.5) is 10.1 Å². The first kappa shape index (κ1) is 18.8. The average Bonchev–Trinajstić information content (AvgIpc) is 3.53. The Morgan fingerprint density at radius 2 is 1.86 bits per heavy atom. The van der Waals surface area contributed by atoms with E-state index >= 15 is 0 Å². The number of hydrogen-bond donors (Lipinski definition) is 2. The van der Waals surface area contributed by atoms with Gasteiger partial charge in [-0.05, 0) is 55.5 Å². The number of rotatable bonds is 5. The molecule has 1 saturated carbocycles. The fraction of sp³-hybridized carbons (Fsp3) is 0.435. The van der Waals surface area contributed by atoms with E-state index in [9.17, 15) is 4.39 Å². The van der Waals surface area contributed by atoms with Crippen molar-refractivity contribution >= 4 is 11.6 Å². The third kappa shape index (κ3) is 4.29. The van der Waals surface area contributed by atoms with Gasteiger partial charge in [0.1, 0.15) is 5.82 Å². The molecule has 0 atom stereocenters. The molecule has 4 nitrogen and oxygen atoms in total. The van der Waals surface area contributed by atoms with Crippen molar-refractivity contribution in [1.82, 2.24) is 10.6 Å². The molecule has 1 heterocycles. The lowest BCUT2D eigenvalue weighted by Gasteiger charge is -2.34. The SMILES string of the molecule is CN=C(NCC1(c2cccc(F)c2)CC1)NC1CCN(c2ccccc2)CC1. The van der Waals surface area contributed by atoms with Gasteiger partial charge < -0.3 is 15.5 Å².